The van der Waals surface area contributed by atoms with Crippen molar-refractivity contribution in [2.75, 3.05) is 18.4 Å². The predicted octanol–water partition coefficient (Wildman–Crippen LogP) is 6.62. The van der Waals surface area contributed by atoms with E-state index in [1.54, 1.807) is 6.20 Å². The highest BCUT2D eigenvalue weighted by atomic mass is 35.5. The van der Waals surface area contributed by atoms with Crippen molar-refractivity contribution in [3.63, 3.8) is 0 Å². The molecule has 176 valence electrons. The summed E-state index contributed by atoms with van der Waals surface area (Å²) in [5.41, 5.74) is 5.71. The fourth-order valence-corrected chi connectivity index (χ4v) is 4.86. The van der Waals surface area contributed by atoms with Crippen molar-refractivity contribution in [3.05, 3.63) is 64.9 Å². The van der Waals surface area contributed by atoms with Crippen LogP contribution in [-0.4, -0.2) is 29.2 Å². The van der Waals surface area contributed by atoms with Gasteiger partial charge in [-0.1, -0.05) is 23.7 Å². The van der Waals surface area contributed by atoms with Crippen LogP contribution in [0.2, 0.25) is 5.02 Å². The van der Waals surface area contributed by atoms with Crippen molar-refractivity contribution in [1.82, 2.24) is 15.3 Å². The second-order valence-corrected chi connectivity index (χ2v) is 9.22. The topological polar surface area (TPSA) is 79.0 Å². The van der Waals surface area contributed by atoms with Crippen molar-refractivity contribution in [2.24, 2.45) is 0 Å². The summed E-state index contributed by atoms with van der Waals surface area (Å²) in [5.74, 6) is 0.548. The van der Waals surface area contributed by atoms with Crippen LogP contribution in [0.3, 0.4) is 0 Å². The van der Waals surface area contributed by atoms with E-state index in [0.29, 0.717) is 12.3 Å². The van der Waals surface area contributed by atoms with Gasteiger partial charge in [0.2, 0.25) is 0 Å². The quantitative estimate of drug-likeness (QED) is 0.250. The summed E-state index contributed by atoms with van der Waals surface area (Å²) in [5, 5.41) is 9.30. The highest BCUT2D eigenvalue weighted by Crippen LogP contribution is 2.34. The van der Waals surface area contributed by atoms with E-state index in [2.05, 4.69) is 21.7 Å². The van der Waals surface area contributed by atoms with Gasteiger partial charge in [0, 0.05) is 52.0 Å². The third kappa shape index (κ3) is 4.97. The van der Waals surface area contributed by atoms with E-state index >= 15 is 0 Å². The minimum atomic E-state index is -0.420. The fourth-order valence-electron chi connectivity index (χ4n) is 4.70. The van der Waals surface area contributed by atoms with Crippen LogP contribution in [0.1, 0.15) is 43.4 Å². The van der Waals surface area contributed by atoms with E-state index in [1.165, 1.54) is 29.8 Å². The SMILES string of the molecule is O=C(NCCCCCNc1c2c(nc3cc(Cl)ccc13)CCCC2)Oc1c[nH]c2ccccc12. The molecule has 7 heteroatoms. The second-order valence-electron chi connectivity index (χ2n) is 8.78. The molecule has 0 fully saturated rings. The second kappa shape index (κ2) is 10.3. The van der Waals surface area contributed by atoms with Gasteiger partial charge < -0.3 is 20.4 Å². The highest BCUT2D eigenvalue weighted by molar-refractivity contribution is 6.31. The zero-order valence-corrected chi connectivity index (χ0v) is 19.9. The summed E-state index contributed by atoms with van der Waals surface area (Å²) in [7, 11) is 0. The van der Waals surface area contributed by atoms with Crippen molar-refractivity contribution < 1.29 is 9.53 Å². The minimum absolute atomic E-state index is 0.420. The molecule has 0 bridgehead atoms. The molecule has 0 saturated heterocycles. The Balaban J connectivity index is 1.09. The van der Waals surface area contributed by atoms with Gasteiger partial charge >= 0.3 is 6.09 Å². The molecule has 1 amide bonds. The summed E-state index contributed by atoms with van der Waals surface area (Å²) < 4.78 is 5.45. The number of para-hydroxylation sites is 1. The van der Waals surface area contributed by atoms with Gasteiger partial charge in [-0.15, -0.1) is 0 Å². The maximum Gasteiger partial charge on any atom is 0.412 e. The lowest BCUT2D eigenvalue weighted by atomic mass is 9.92. The Hall–Kier alpha value is -3.25. The van der Waals surface area contributed by atoms with E-state index in [4.69, 9.17) is 21.3 Å². The number of anilines is 1. The van der Waals surface area contributed by atoms with Crippen LogP contribution in [0, 0.1) is 0 Å². The van der Waals surface area contributed by atoms with Crippen molar-refractivity contribution >= 4 is 45.2 Å². The van der Waals surface area contributed by atoms with Crippen LogP contribution in [0.15, 0.2) is 48.7 Å². The monoisotopic (exact) mass is 476 g/mol. The molecule has 0 atom stereocenters. The number of carbonyl (C=O) groups excluding carboxylic acids is 1. The Bertz CT molecular complexity index is 1320. The van der Waals surface area contributed by atoms with Gasteiger partial charge in [0.25, 0.3) is 0 Å². The van der Waals surface area contributed by atoms with Crippen LogP contribution in [0.4, 0.5) is 10.5 Å². The lowest BCUT2D eigenvalue weighted by Gasteiger charge is -2.22. The van der Waals surface area contributed by atoms with Gasteiger partial charge in [-0.3, -0.25) is 4.98 Å². The number of nitrogens with zero attached hydrogens (tertiary/aromatic N) is 1. The van der Waals surface area contributed by atoms with Gasteiger partial charge in [-0.2, -0.15) is 0 Å². The number of aromatic nitrogens is 2. The summed E-state index contributed by atoms with van der Waals surface area (Å²) in [6.07, 6.45) is 8.74. The normalized spacial score (nSPS) is 13.1. The molecule has 2 heterocycles. The number of carbonyl (C=O) groups is 1. The zero-order valence-electron chi connectivity index (χ0n) is 19.1. The number of aryl methyl sites for hydroxylation is 1. The van der Waals surface area contributed by atoms with Gasteiger partial charge in [0.15, 0.2) is 5.75 Å². The number of aromatic amines is 1. The lowest BCUT2D eigenvalue weighted by Crippen LogP contribution is -2.27. The van der Waals surface area contributed by atoms with Crippen molar-refractivity contribution in [2.45, 2.75) is 44.9 Å². The molecule has 1 aliphatic rings. The maximum atomic E-state index is 12.1. The Morgan fingerprint density at radius 3 is 2.82 bits per heavy atom. The van der Waals surface area contributed by atoms with Crippen molar-refractivity contribution in [3.8, 4) is 5.75 Å². The molecular formula is C27H29ClN4O2. The molecule has 2 aromatic carbocycles. The minimum Gasteiger partial charge on any atom is -0.408 e. The Labute approximate surface area is 204 Å². The van der Waals surface area contributed by atoms with Gasteiger partial charge in [-0.05, 0) is 80.8 Å². The number of hydrogen-bond acceptors (Lipinski definition) is 4. The Morgan fingerprint density at radius 1 is 1.03 bits per heavy atom. The first-order valence-electron chi connectivity index (χ1n) is 12.1. The molecule has 0 radical (unpaired) electrons. The first kappa shape index (κ1) is 22.5. The summed E-state index contributed by atoms with van der Waals surface area (Å²) in [6.45, 7) is 1.47. The first-order valence-corrected chi connectivity index (χ1v) is 12.4. The number of H-pyrrole nitrogens is 1. The van der Waals surface area contributed by atoms with Crippen molar-refractivity contribution in [1.29, 1.82) is 0 Å². The molecule has 0 aliphatic heterocycles. The number of ether oxygens (including phenoxy) is 1. The molecule has 5 rings (SSSR count). The number of halogens is 1. The molecule has 34 heavy (non-hydrogen) atoms. The standard InChI is InChI=1S/C27H29ClN4O2/c28-18-12-13-21-24(16-18)32-23-11-5-3-9-20(23)26(21)29-14-6-1-7-15-30-27(33)34-25-17-31-22-10-4-2-8-19(22)25/h2,4,8,10,12-13,16-17,31H,1,3,5-7,9,11,14-15H2,(H,29,32)(H,30,33). The number of amides is 1. The molecule has 3 N–H and O–H groups in total. The molecular weight excluding hydrogens is 448 g/mol. The molecule has 4 aromatic rings. The van der Waals surface area contributed by atoms with Crippen LogP contribution in [0.25, 0.3) is 21.8 Å². The number of benzene rings is 2. The maximum absolute atomic E-state index is 12.1. The van der Waals surface area contributed by atoms with E-state index in [1.807, 2.05) is 36.4 Å². The number of unbranched alkanes of at least 4 members (excludes halogenated alkanes) is 2. The van der Waals surface area contributed by atoms with E-state index in [0.717, 1.165) is 65.5 Å². The van der Waals surface area contributed by atoms with Crippen LogP contribution < -0.4 is 15.4 Å². The van der Waals surface area contributed by atoms with Gasteiger partial charge in [-0.25, -0.2) is 4.79 Å². The Morgan fingerprint density at radius 2 is 1.88 bits per heavy atom. The van der Waals surface area contributed by atoms with E-state index in [-0.39, 0.29) is 0 Å². The summed E-state index contributed by atoms with van der Waals surface area (Å²) >= 11 is 6.22. The molecule has 0 saturated carbocycles. The predicted molar refractivity (Wildman–Crippen MR) is 138 cm³/mol. The Kier molecular flexibility index (Phi) is 6.86. The zero-order chi connectivity index (χ0) is 23.3. The smallest absolute Gasteiger partial charge is 0.408 e. The molecule has 1 aliphatic carbocycles. The first-order chi connectivity index (χ1) is 16.7. The fraction of sp³-hybridized carbons (Fsp3) is 0.333. The number of pyridine rings is 1. The third-order valence-corrected chi connectivity index (χ3v) is 6.64. The summed E-state index contributed by atoms with van der Waals surface area (Å²) in [6, 6.07) is 13.7. The van der Waals surface area contributed by atoms with Gasteiger partial charge in [0.05, 0.1) is 5.52 Å². The number of hydrogen-bond donors (Lipinski definition) is 3. The van der Waals surface area contributed by atoms with E-state index < -0.39 is 6.09 Å². The molecule has 6 nitrogen and oxygen atoms in total. The van der Waals surface area contributed by atoms with E-state index in [9.17, 15) is 4.79 Å². The molecule has 0 unspecified atom stereocenters. The number of rotatable bonds is 8. The van der Waals surface area contributed by atoms with Crippen LogP contribution in [0.5, 0.6) is 5.75 Å². The molecule has 2 aromatic heterocycles. The van der Waals surface area contributed by atoms with Gasteiger partial charge in [0.1, 0.15) is 0 Å². The van der Waals surface area contributed by atoms with Crippen LogP contribution in [-0.2, 0) is 12.8 Å². The lowest BCUT2D eigenvalue weighted by molar-refractivity contribution is 0.201. The third-order valence-electron chi connectivity index (χ3n) is 6.40. The molecule has 0 spiro atoms. The largest absolute Gasteiger partial charge is 0.412 e. The van der Waals surface area contributed by atoms with Crippen LogP contribution >= 0.6 is 11.6 Å². The highest BCUT2D eigenvalue weighted by Gasteiger charge is 2.18. The average molecular weight is 477 g/mol. The average Bonchev–Trinajstić information content (AvgIpc) is 3.25. The number of fused-ring (bicyclic) bond motifs is 3. The number of nitrogens with one attached hydrogen (secondary N) is 3. The summed E-state index contributed by atoms with van der Waals surface area (Å²) in [4.78, 5) is 20.1.